The molecule has 0 aliphatic heterocycles. The molecule has 0 heterocycles. The largest absolute Gasteiger partial charge is 0.472 e. The summed E-state index contributed by atoms with van der Waals surface area (Å²) in [6.45, 7) is 4.67. The van der Waals surface area contributed by atoms with Crippen LogP contribution in [0.1, 0.15) is 284 Å². The Morgan fingerprint density at radius 2 is 0.693 bits per heavy atom. The van der Waals surface area contributed by atoms with Gasteiger partial charge in [-0.2, -0.15) is 0 Å². The van der Waals surface area contributed by atoms with Crippen LogP contribution in [0.4, 0.5) is 0 Å². The summed E-state index contributed by atoms with van der Waals surface area (Å²) >= 11 is 0. The smallest absolute Gasteiger partial charge is 0.387 e. The second kappa shape index (κ2) is 67.5. The number of phosphoric acid groups is 1. The summed E-state index contributed by atoms with van der Waals surface area (Å²) in [5, 5.41) is 14.0. The zero-order valence-electron chi connectivity index (χ0n) is 57.4. The topological polar surface area (TPSA) is 105 Å². The standard InChI is InChI=1S/C79H135N2O6P/c1-6-8-10-12-14-16-18-20-22-24-26-28-30-32-34-35-36-37-38-39-40-41-42-43-44-45-47-49-51-53-55-57-59-61-63-65-67-69-71-73-79(83)80-77(76-87-88(84,85)86-75-74-81(3,4)5)78(82)72-70-68-66-64-62-60-58-56-54-52-50-48-46-33-31-29-27-25-23-21-19-17-15-13-11-9-7-2/h8,10,14,16,20,22,26,28,32,34,36-37,39-40,42-43,45,47,51,53,57,59,62,64,70,72,77-78,82H,6-7,9,11-13,15,17-19,21,23-25,27,29-31,33,35,38,41,44,46,48-50,52,54-56,58,60-61,63,65-69,71,73-76H2,1-5H3,(H-,80,83,84,85)/p+1/b10-8-,16-14-,22-20-,28-26-,34-32-,37-36-,40-39-,43-42-,47-45-,53-51-,59-57-,64-62+,72-70+. The molecule has 0 radical (unpaired) electrons. The van der Waals surface area contributed by atoms with E-state index in [1.165, 1.54) is 135 Å². The lowest BCUT2D eigenvalue weighted by atomic mass is 10.0. The van der Waals surface area contributed by atoms with Crippen LogP contribution in [0, 0.1) is 0 Å². The number of nitrogens with one attached hydrogen (secondary N) is 1. The Hall–Kier alpha value is -3.88. The molecule has 0 saturated heterocycles. The first-order chi connectivity index (χ1) is 43.0. The second-order valence-corrected chi connectivity index (χ2v) is 26.3. The Morgan fingerprint density at radius 3 is 1.05 bits per heavy atom. The normalized spacial score (nSPS) is 14.6. The molecule has 0 aromatic rings. The number of quaternary nitrogens is 1. The maximum atomic E-state index is 13.0. The Bertz CT molecular complexity index is 1990. The van der Waals surface area contributed by atoms with Gasteiger partial charge in [-0.25, -0.2) is 4.57 Å². The van der Waals surface area contributed by atoms with E-state index in [1.54, 1.807) is 6.08 Å². The third-order valence-electron chi connectivity index (χ3n) is 15.2. The van der Waals surface area contributed by atoms with Gasteiger partial charge in [-0.3, -0.25) is 13.8 Å². The van der Waals surface area contributed by atoms with Gasteiger partial charge in [0, 0.05) is 6.42 Å². The van der Waals surface area contributed by atoms with Gasteiger partial charge in [0.2, 0.25) is 5.91 Å². The van der Waals surface area contributed by atoms with Crippen molar-refractivity contribution in [1.29, 1.82) is 0 Å². The van der Waals surface area contributed by atoms with Crippen molar-refractivity contribution in [2.45, 2.75) is 296 Å². The molecule has 0 aromatic carbocycles. The molecule has 502 valence electrons. The molecule has 0 fully saturated rings. The lowest BCUT2D eigenvalue weighted by Crippen LogP contribution is -2.45. The molecule has 88 heavy (non-hydrogen) atoms. The number of hydrogen-bond donors (Lipinski definition) is 3. The monoisotopic (exact) mass is 1240 g/mol. The summed E-state index contributed by atoms with van der Waals surface area (Å²) in [7, 11) is 1.52. The van der Waals surface area contributed by atoms with Crippen molar-refractivity contribution in [1.82, 2.24) is 5.32 Å². The first-order valence-electron chi connectivity index (χ1n) is 35.9. The SMILES string of the molecule is CC/C=C\C/C=C\C/C=C\C/C=C\C/C=C\C/C=C\C/C=C\C/C=C\C/C=C\C/C=C\C/C=C\CCCCCCCC(=O)NC(COP(=O)(O)OCC[N+](C)(C)C)C(O)/C=C/CC/C=C/CCCCCCCCCCCCCCCCCCCCCCC. The maximum absolute atomic E-state index is 13.0. The van der Waals surface area contributed by atoms with Crippen molar-refractivity contribution in [3.05, 3.63) is 158 Å². The summed E-state index contributed by atoms with van der Waals surface area (Å²) in [6, 6.07) is -0.888. The van der Waals surface area contributed by atoms with Crippen LogP contribution in [0.5, 0.6) is 0 Å². The first kappa shape index (κ1) is 84.1. The number of rotatable bonds is 64. The summed E-state index contributed by atoms with van der Waals surface area (Å²) in [6.07, 6.45) is 105. The van der Waals surface area contributed by atoms with E-state index in [9.17, 15) is 19.4 Å². The van der Waals surface area contributed by atoms with Gasteiger partial charge < -0.3 is 19.8 Å². The lowest BCUT2D eigenvalue weighted by molar-refractivity contribution is -0.870. The van der Waals surface area contributed by atoms with Gasteiger partial charge in [0.1, 0.15) is 13.2 Å². The van der Waals surface area contributed by atoms with Gasteiger partial charge in [0.25, 0.3) is 0 Å². The van der Waals surface area contributed by atoms with E-state index in [0.717, 1.165) is 128 Å². The van der Waals surface area contributed by atoms with Gasteiger partial charge in [-0.15, -0.1) is 0 Å². The Labute approximate surface area is 543 Å². The number of nitrogens with zero attached hydrogens (tertiary/aromatic N) is 1. The molecule has 0 aromatic heterocycles. The molecule has 0 bridgehead atoms. The first-order valence-corrected chi connectivity index (χ1v) is 37.4. The predicted octanol–water partition coefficient (Wildman–Crippen LogP) is 23.3. The van der Waals surface area contributed by atoms with Crippen molar-refractivity contribution in [2.75, 3.05) is 40.9 Å². The van der Waals surface area contributed by atoms with E-state index in [1.807, 2.05) is 27.2 Å². The van der Waals surface area contributed by atoms with Crippen molar-refractivity contribution in [3.63, 3.8) is 0 Å². The van der Waals surface area contributed by atoms with Crippen molar-refractivity contribution >= 4 is 13.7 Å². The molecule has 3 unspecified atom stereocenters. The van der Waals surface area contributed by atoms with Crippen LogP contribution in [0.25, 0.3) is 0 Å². The molecule has 0 saturated carbocycles. The number of phosphoric ester groups is 1. The summed E-state index contributed by atoms with van der Waals surface area (Å²) in [5.41, 5.74) is 0. The minimum atomic E-state index is -4.38. The van der Waals surface area contributed by atoms with E-state index in [-0.39, 0.29) is 19.1 Å². The number of allylic oxidation sites excluding steroid dienone is 25. The van der Waals surface area contributed by atoms with E-state index in [4.69, 9.17) is 9.05 Å². The van der Waals surface area contributed by atoms with Gasteiger partial charge in [-0.1, -0.05) is 320 Å². The molecule has 3 atom stereocenters. The number of likely N-dealkylation sites (N-methyl/N-ethyl adjacent to an activating group) is 1. The number of carbonyl (C=O) groups excluding carboxylic acids is 1. The fourth-order valence-electron chi connectivity index (χ4n) is 9.71. The van der Waals surface area contributed by atoms with Crippen LogP contribution in [-0.2, 0) is 18.4 Å². The second-order valence-electron chi connectivity index (χ2n) is 24.9. The highest BCUT2D eigenvalue weighted by molar-refractivity contribution is 7.47. The molecule has 0 rings (SSSR count). The Balaban J connectivity index is 4.22. The fourth-order valence-corrected chi connectivity index (χ4v) is 10.4. The Morgan fingerprint density at radius 1 is 0.398 bits per heavy atom. The number of aliphatic hydroxyl groups is 1. The highest BCUT2D eigenvalue weighted by Gasteiger charge is 2.28. The number of unbranched alkanes of at least 4 members (excludes halogenated alkanes) is 27. The third-order valence-corrected chi connectivity index (χ3v) is 16.2. The third kappa shape index (κ3) is 69.6. The van der Waals surface area contributed by atoms with Gasteiger partial charge in [0.15, 0.2) is 0 Å². The number of carbonyl (C=O) groups is 1. The zero-order chi connectivity index (χ0) is 64.1. The summed E-state index contributed by atoms with van der Waals surface area (Å²) < 4.78 is 23.8. The van der Waals surface area contributed by atoms with E-state index >= 15 is 0 Å². The van der Waals surface area contributed by atoms with Crippen molar-refractivity contribution < 1.29 is 32.9 Å². The minimum absolute atomic E-state index is 0.0440. The van der Waals surface area contributed by atoms with Gasteiger partial charge in [0.05, 0.1) is 39.9 Å². The van der Waals surface area contributed by atoms with Crippen molar-refractivity contribution in [3.8, 4) is 0 Å². The molecule has 0 spiro atoms. The Kier molecular flexibility index (Phi) is 64.5. The molecule has 0 aliphatic rings. The van der Waals surface area contributed by atoms with E-state index in [2.05, 4.69) is 165 Å². The molecule has 0 aliphatic carbocycles. The van der Waals surface area contributed by atoms with Crippen LogP contribution in [0.3, 0.4) is 0 Å². The van der Waals surface area contributed by atoms with Crippen molar-refractivity contribution in [2.24, 2.45) is 0 Å². The van der Waals surface area contributed by atoms with E-state index < -0.39 is 20.0 Å². The number of aliphatic hydroxyl groups excluding tert-OH is 1. The molecule has 9 heteroatoms. The average molecular weight is 1240 g/mol. The summed E-state index contributed by atoms with van der Waals surface area (Å²) in [4.78, 5) is 23.4. The highest BCUT2D eigenvalue weighted by atomic mass is 31.2. The number of hydrogen-bond acceptors (Lipinski definition) is 5. The van der Waals surface area contributed by atoms with Crippen LogP contribution in [0.15, 0.2) is 158 Å². The number of amides is 1. The zero-order valence-corrected chi connectivity index (χ0v) is 58.3. The molecular formula is C79H136N2O6P+. The minimum Gasteiger partial charge on any atom is -0.387 e. The average Bonchev–Trinajstić information content (AvgIpc) is 3.70. The van der Waals surface area contributed by atoms with Gasteiger partial charge >= 0.3 is 7.82 Å². The van der Waals surface area contributed by atoms with Crippen LogP contribution in [0.2, 0.25) is 0 Å². The summed E-state index contributed by atoms with van der Waals surface area (Å²) in [5.74, 6) is -0.210. The quantitative estimate of drug-likeness (QED) is 0.0243. The highest BCUT2D eigenvalue weighted by Crippen LogP contribution is 2.43. The van der Waals surface area contributed by atoms with Crippen LogP contribution >= 0.6 is 7.82 Å². The molecule has 1 amide bonds. The fraction of sp³-hybridized carbons (Fsp3) is 0.658. The molecular weight excluding hydrogens is 1100 g/mol. The molecule has 8 nitrogen and oxygen atoms in total. The van der Waals surface area contributed by atoms with Gasteiger partial charge in [-0.05, 0) is 116 Å². The predicted molar refractivity (Wildman–Crippen MR) is 387 cm³/mol. The van der Waals surface area contributed by atoms with Crippen LogP contribution in [-0.4, -0.2) is 73.4 Å². The lowest BCUT2D eigenvalue weighted by Gasteiger charge is -2.25. The maximum Gasteiger partial charge on any atom is 0.472 e. The van der Waals surface area contributed by atoms with Crippen LogP contribution < -0.4 is 5.32 Å². The van der Waals surface area contributed by atoms with E-state index in [0.29, 0.717) is 17.4 Å². The molecule has 3 N–H and O–H groups in total.